The van der Waals surface area contributed by atoms with Gasteiger partial charge in [0.1, 0.15) is 5.56 Å². The van der Waals surface area contributed by atoms with Crippen LogP contribution in [0.25, 0.3) is 5.69 Å². The highest BCUT2D eigenvalue weighted by atomic mass is 16.6. The molecule has 0 radical (unpaired) electrons. The number of carboxylic acids is 1. The molecule has 0 aliphatic heterocycles. The van der Waals surface area contributed by atoms with E-state index in [-0.39, 0.29) is 17.1 Å². The zero-order valence-corrected chi connectivity index (χ0v) is 16.9. The van der Waals surface area contributed by atoms with E-state index in [1.54, 1.807) is 24.3 Å². The molecule has 0 aliphatic carbocycles. The van der Waals surface area contributed by atoms with Crippen LogP contribution in [-0.2, 0) is 9.59 Å². The van der Waals surface area contributed by atoms with Crippen LogP contribution >= 0.6 is 0 Å². The Kier molecular flexibility index (Phi) is 6.19. The first-order valence-electron chi connectivity index (χ1n) is 9.11. The number of rotatable bonds is 6. The smallest absolute Gasteiger partial charge is 0.342 e. The van der Waals surface area contributed by atoms with Crippen molar-refractivity contribution in [2.75, 3.05) is 5.32 Å². The van der Waals surface area contributed by atoms with E-state index in [9.17, 15) is 24.0 Å². The standard InChI is InChI=1S/C21H17N3O8/c1-11(25)31-17-8-3-13(9-18(17)32-12(2)26)19(27)22-14-4-6-15(7-5-14)24-10-16(21(29)30)20(28)23-24/h3-10H,1-2H3,(H,22,27)(H,23,28)(H,29,30). The monoisotopic (exact) mass is 439 g/mol. The number of ether oxygens (including phenoxy) is 2. The van der Waals surface area contributed by atoms with Crippen LogP contribution in [0.4, 0.5) is 5.69 Å². The average Bonchev–Trinajstić information content (AvgIpc) is 3.11. The molecule has 3 rings (SSSR count). The van der Waals surface area contributed by atoms with Gasteiger partial charge in [-0.15, -0.1) is 0 Å². The first-order chi connectivity index (χ1) is 15.1. The van der Waals surface area contributed by atoms with E-state index in [0.717, 1.165) is 6.20 Å². The highest BCUT2D eigenvalue weighted by molar-refractivity contribution is 6.04. The molecule has 1 aromatic heterocycles. The molecule has 0 saturated heterocycles. The number of H-pyrrole nitrogens is 1. The minimum atomic E-state index is -1.35. The van der Waals surface area contributed by atoms with Crippen LogP contribution in [0.3, 0.4) is 0 Å². The van der Waals surface area contributed by atoms with E-state index in [4.69, 9.17) is 14.6 Å². The maximum atomic E-state index is 12.6. The van der Waals surface area contributed by atoms with Crippen molar-refractivity contribution in [3.8, 4) is 17.2 Å². The van der Waals surface area contributed by atoms with Gasteiger partial charge in [0, 0.05) is 31.3 Å². The predicted molar refractivity (Wildman–Crippen MR) is 110 cm³/mol. The Balaban J connectivity index is 1.79. The molecule has 3 N–H and O–H groups in total. The van der Waals surface area contributed by atoms with Gasteiger partial charge in [0.25, 0.3) is 11.5 Å². The van der Waals surface area contributed by atoms with Gasteiger partial charge in [-0.25, -0.2) is 4.79 Å². The molecule has 1 heterocycles. The molecule has 11 nitrogen and oxygen atoms in total. The zero-order chi connectivity index (χ0) is 23.4. The Bertz CT molecular complexity index is 1270. The summed E-state index contributed by atoms with van der Waals surface area (Å²) in [7, 11) is 0. The fraction of sp³-hybridized carbons (Fsp3) is 0.0952. The number of hydrogen-bond donors (Lipinski definition) is 3. The summed E-state index contributed by atoms with van der Waals surface area (Å²) in [5.74, 6) is -3.22. The van der Waals surface area contributed by atoms with E-state index < -0.39 is 34.9 Å². The van der Waals surface area contributed by atoms with Gasteiger partial charge in [0.15, 0.2) is 11.5 Å². The third-order valence-electron chi connectivity index (χ3n) is 4.07. The number of carbonyl (C=O) groups excluding carboxylic acids is 3. The van der Waals surface area contributed by atoms with Crippen LogP contribution in [0, 0.1) is 0 Å². The number of aromatic amines is 1. The van der Waals surface area contributed by atoms with Gasteiger partial charge in [-0.1, -0.05) is 0 Å². The van der Waals surface area contributed by atoms with Crippen molar-refractivity contribution in [3.63, 3.8) is 0 Å². The van der Waals surface area contributed by atoms with Crippen molar-refractivity contribution in [1.29, 1.82) is 0 Å². The zero-order valence-electron chi connectivity index (χ0n) is 16.9. The van der Waals surface area contributed by atoms with Gasteiger partial charge in [-0.3, -0.25) is 29.0 Å². The number of hydrogen-bond acceptors (Lipinski definition) is 7. The number of nitrogens with one attached hydrogen (secondary N) is 2. The van der Waals surface area contributed by atoms with Crippen molar-refractivity contribution < 1.29 is 33.8 Å². The Morgan fingerprint density at radius 2 is 1.56 bits per heavy atom. The highest BCUT2D eigenvalue weighted by Gasteiger charge is 2.16. The first kappa shape index (κ1) is 22.0. The van der Waals surface area contributed by atoms with E-state index in [0.29, 0.717) is 11.4 Å². The number of amides is 1. The van der Waals surface area contributed by atoms with Crippen LogP contribution in [0.1, 0.15) is 34.6 Å². The summed E-state index contributed by atoms with van der Waals surface area (Å²) >= 11 is 0. The average molecular weight is 439 g/mol. The fourth-order valence-electron chi connectivity index (χ4n) is 2.71. The lowest BCUT2D eigenvalue weighted by Gasteiger charge is -2.11. The second kappa shape index (κ2) is 9.00. The van der Waals surface area contributed by atoms with Crippen molar-refractivity contribution in [2.24, 2.45) is 0 Å². The topological polar surface area (TPSA) is 157 Å². The molecule has 0 saturated carbocycles. The molecule has 0 bridgehead atoms. The van der Waals surface area contributed by atoms with E-state index in [1.807, 2.05) is 0 Å². The molecule has 3 aromatic rings. The number of nitrogens with zero attached hydrogens (tertiary/aromatic N) is 1. The molecule has 0 atom stereocenters. The number of esters is 2. The van der Waals surface area contributed by atoms with Crippen LogP contribution < -0.4 is 20.3 Å². The highest BCUT2D eigenvalue weighted by Crippen LogP contribution is 2.29. The van der Waals surface area contributed by atoms with Crippen molar-refractivity contribution >= 4 is 29.5 Å². The summed E-state index contributed by atoms with van der Waals surface area (Å²) in [6, 6.07) is 10.2. The minimum absolute atomic E-state index is 0.00459. The number of aromatic carboxylic acids is 1. The Morgan fingerprint density at radius 1 is 0.938 bits per heavy atom. The quantitative estimate of drug-likeness (QED) is 0.389. The summed E-state index contributed by atoms with van der Waals surface area (Å²) in [6.07, 6.45) is 1.15. The van der Waals surface area contributed by atoms with Crippen LogP contribution in [0.2, 0.25) is 0 Å². The van der Waals surface area contributed by atoms with E-state index in [2.05, 4.69) is 10.4 Å². The van der Waals surface area contributed by atoms with E-state index in [1.165, 1.54) is 36.7 Å². The largest absolute Gasteiger partial charge is 0.477 e. The molecule has 0 fully saturated rings. The number of aromatic nitrogens is 2. The van der Waals surface area contributed by atoms with E-state index >= 15 is 0 Å². The summed E-state index contributed by atoms with van der Waals surface area (Å²) in [5, 5.41) is 14.0. The fourth-order valence-corrected chi connectivity index (χ4v) is 2.71. The van der Waals surface area contributed by atoms with Gasteiger partial charge in [-0.2, -0.15) is 0 Å². The lowest BCUT2D eigenvalue weighted by molar-refractivity contribution is -0.134. The van der Waals surface area contributed by atoms with Crippen LogP contribution in [0.15, 0.2) is 53.5 Å². The van der Waals surface area contributed by atoms with Crippen molar-refractivity contribution in [1.82, 2.24) is 9.78 Å². The predicted octanol–water partition coefficient (Wildman–Crippen LogP) is 1.97. The maximum absolute atomic E-state index is 12.6. The molecule has 32 heavy (non-hydrogen) atoms. The van der Waals surface area contributed by atoms with Crippen molar-refractivity contribution in [3.05, 3.63) is 70.1 Å². The Hall–Kier alpha value is -4.67. The Labute approximate surface area is 180 Å². The molecule has 11 heteroatoms. The lowest BCUT2D eigenvalue weighted by Crippen LogP contribution is -2.13. The van der Waals surface area contributed by atoms with Gasteiger partial charge < -0.3 is 19.9 Å². The normalized spacial score (nSPS) is 10.3. The number of carbonyl (C=O) groups is 4. The molecular weight excluding hydrogens is 422 g/mol. The first-order valence-corrected chi connectivity index (χ1v) is 9.11. The summed E-state index contributed by atoms with van der Waals surface area (Å²) in [4.78, 5) is 57.7. The second-order valence-corrected chi connectivity index (χ2v) is 6.51. The number of anilines is 1. The van der Waals surface area contributed by atoms with Gasteiger partial charge in [-0.05, 0) is 42.5 Å². The molecule has 0 unspecified atom stereocenters. The van der Waals surface area contributed by atoms with Crippen molar-refractivity contribution in [2.45, 2.75) is 13.8 Å². The number of carboxylic acid groups (broad SMARTS) is 1. The van der Waals surface area contributed by atoms with Gasteiger partial charge in [0.2, 0.25) is 0 Å². The Morgan fingerprint density at radius 3 is 2.12 bits per heavy atom. The van der Waals surface area contributed by atoms with Gasteiger partial charge >= 0.3 is 17.9 Å². The molecular formula is C21H17N3O8. The molecule has 2 aromatic carbocycles. The molecule has 164 valence electrons. The maximum Gasteiger partial charge on any atom is 0.342 e. The molecule has 1 amide bonds. The number of benzene rings is 2. The third kappa shape index (κ3) is 5.08. The minimum Gasteiger partial charge on any atom is -0.477 e. The summed E-state index contributed by atoms with van der Waals surface area (Å²) < 4.78 is 11.2. The molecule has 0 spiro atoms. The molecule has 0 aliphatic rings. The van der Waals surface area contributed by atoms with Gasteiger partial charge in [0.05, 0.1) is 5.69 Å². The van der Waals surface area contributed by atoms with Crippen LogP contribution in [-0.4, -0.2) is 38.7 Å². The second-order valence-electron chi connectivity index (χ2n) is 6.51. The lowest BCUT2D eigenvalue weighted by atomic mass is 10.1. The summed E-state index contributed by atoms with van der Waals surface area (Å²) in [5.41, 5.74) is -0.124. The van der Waals surface area contributed by atoms with Crippen LogP contribution in [0.5, 0.6) is 11.5 Å². The SMILES string of the molecule is CC(=O)Oc1ccc(C(=O)Nc2ccc(-n3cc(C(=O)O)c(=O)[nH]3)cc2)cc1OC(C)=O. The third-order valence-corrected chi connectivity index (χ3v) is 4.07. The summed E-state index contributed by atoms with van der Waals surface area (Å²) in [6.45, 7) is 2.36.